The van der Waals surface area contributed by atoms with Crippen molar-refractivity contribution in [2.75, 3.05) is 0 Å². The molecule has 0 unspecified atom stereocenters. The zero-order valence-corrected chi connectivity index (χ0v) is 10.8. The average Bonchev–Trinajstić information content (AvgIpc) is 2.04. The van der Waals surface area contributed by atoms with Crippen molar-refractivity contribution >= 4 is 34.8 Å². The van der Waals surface area contributed by atoms with E-state index in [1.165, 1.54) is 0 Å². The minimum absolute atomic E-state index is 0.195. The second-order valence-corrected chi connectivity index (χ2v) is 5.74. The minimum atomic E-state index is 0.195. The molecule has 0 aliphatic rings. The van der Waals surface area contributed by atoms with Gasteiger partial charge in [-0.05, 0) is 23.5 Å². The standard InChI is InChI=1S/C11H13Cl3/c1-11(2,3)6-7-4-5-8(12)10(14)9(7)13/h4-5H,6H2,1-3H3. The molecule has 0 amide bonds. The van der Waals surface area contributed by atoms with Crippen molar-refractivity contribution in [3.63, 3.8) is 0 Å². The molecular weight excluding hydrogens is 238 g/mol. The van der Waals surface area contributed by atoms with Crippen molar-refractivity contribution in [3.05, 3.63) is 32.8 Å². The molecule has 0 nitrogen and oxygen atoms in total. The Morgan fingerprint density at radius 1 is 1.00 bits per heavy atom. The number of rotatable bonds is 1. The number of hydrogen-bond acceptors (Lipinski definition) is 0. The minimum Gasteiger partial charge on any atom is -0.0827 e. The second kappa shape index (κ2) is 4.30. The summed E-state index contributed by atoms with van der Waals surface area (Å²) >= 11 is 17.9. The third-order valence-corrected chi connectivity index (χ3v) is 3.17. The van der Waals surface area contributed by atoms with Crippen LogP contribution in [0.25, 0.3) is 0 Å². The number of halogens is 3. The molecule has 0 atom stereocenters. The Hall–Kier alpha value is 0.0900. The predicted molar refractivity (Wildman–Crippen MR) is 64.6 cm³/mol. The van der Waals surface area contributed by atoms with Crippen molar-refractivity contribution in [1.82, 2.24) is 0 Å². The van der Waals surface area contributed by atoms with Gasteiger partial charge in [-0.15, -0.1) is 0 Å². The van der Waals surface area contributed by atoms with Gasteiger partial charge in [0.25, 0.3) is 0 Å². The van der Waals surface area contributed by atoms with Crippen molar-refractivity contribution in [3.8, 4) is 0 Å². The molecule has 14 heavy (non-hydrogen) atoms. The van der Waals surface area contributed by atoms with E-state index in [1.807, 2.05) is 6.07 Å². The van der Waals surface area contributed by atoms with E-state index in [2.05, 4.69) is 20.8 Å². The maximum Gasteiger partial charge on any atom is 0.0781 e. The molecule has 0 aliphatic carbocycles. The van der Waals surface area contributed by atoms with Gasteiger partial charge in [0.2, 0.25) is 0 Å². The summed E-state index contributed by atoms with van der Waals surface area (Å²) in [5, 5.41) is 1.54. The van der Waals surface area contributed by atoms with E-state index in [-0.39, 0.29) is 5.41 Å². The molecule has 78 valence electrons. The SMILES string of the molecule is CC(C)(C)Cc1ccc(Cl)c(Cl)c1Cl. The van der Waals surface area contributed by atoms with Crippen LogP contribution in [-0.2, 0) is 6.42 Å². The van der Waals surface area contributed by atoms with Gasteiger partial charge in [-0.2, -0.15) is 0 Å². The van der Waals surface area contributed by atoms with Crippen LogP contribution < -0.4 is 0 Å². The predicted octanol–water partition coefficient (Wildman–Crippen LogP) is 5.24. The van der Waals surface area contributed by atoms with Gasteiger partial charge < -0.3 is 0 Å². The smallest absolute Gasteiger partial charge is 0.0781 e. The molecule has 0 heterocycles. The fraction of sp³-hybridized carbons (Fsp3) is 0.455. The highest BCUT2D eigenvalue weighted by molar-refractivity contribution is 6.48. The van der Waals surface area contributed by atoms with Gasteiger partial charge >= 0.3 is 0 Å². The molecule has 1 aromatic carbocycles. The molecule has 0 fully saturated rings. The summed E-state index contributed by atoms with van der Waals surface area (Å²) in [6.45, 7) is 6.48. The van der Waals surface area contributed by atoms with Gasteiger partial charge in [0, 0.05) is 0 Å². The summed E-state index contributed by atoms with van der Waals surface area (Å²) in [6, 6.07) is 3.72. The van der Waals surface area contributed by atoms with Crippen LogP contribution in [0.2, 0.25) is 15.1 Å². The summed E-state index contributed by atoms with van der Waals surface area (Å²) in [6.07, 6.45) is 0.892. The molecule has 0 aromatic heterocycles. The number of hydrogen-bond donors (Lipinski definition) is 0. The van der Waals surface area contributed by atoms with Gasteiger partial charge in [-0.1, -0.05) is 61.6 Å². The summed E-state index contributed by atoms with van der Waals surface area (Å²) in [7, 11) is 0. The Balaban J connectivity index is 3.06. The highest BCUT2D eigenvalue weighted by Crippen LogP contribution is 2.35. The van der Waals surface area contributed by atoms with Gasteiger partial charge in [0.1, 0.15) is 0 Å². The van der Waals surface area contributed by atoms with E-state index in [9.17, 15) is 0 Å². The highest BCUT2D eigenvalue weighted by Gasteiger charge is 2.15. The molecule has 1 aromatic rings. The number of benzene rings is 1. The first-order valence-corrected chi connectivity index (χ1v) is 5.57. The van der Waals surface area contributed by atoms with Crippen molar-refractivity contribution in [1.29, 1.82) is 0 Å². The van der Waals surface area contributed by atoms with Gasteiger partial charge in [0.15, 0.2) is 0 Å². The fourth-order valence-corrected chi connectivity index (χ4v) is 1.90. The van der Waals surface area contributed by atoms with Gasteiger partial charge in [-0.3, -0.25) is 0 Å². The molecular formula is C11H13Cl3. The van der Waals surface area contributed by atoms with E-state index in [4.69, 9.17) is 34.8 Å². The Labute approximate surface area is 100 Å². The normalized spacial score (nSPS) is 11.9. The van der Waals surface area contributed by atoms with E-state index in [0.29, 0.717) is 15.1 Å². The van der Waals surface area contributed by atoms with Crippen molar-refractivity contribution in [2.24, 2.45) is 5.41 Å². The second-order valence-electron chi connectivity index (χ2n) is 4.57. The average molecular weight is 252 g/mol. The van der Waals surface area contributed by atoms with Gasteiger partial charge in [0.05, 0.1) is 15.1 Å². The summed E-state index contributed by atoms with van der Waals surface area (Å²) in [5.41, 5.74) is 1.24. The van der Waals surface area contributed by atoms with Crippen LogP contribution in [0.3, 0.4) is 0 Å². The topological polar surface area (TPSA) is 0 Å². The van der Waals surface area contributed by atoms with Crippen LogP contribution in [0, 0.1) is 5.41 Å². The van der Waals surface area contributed by atoms with E-state index in [0.717, 1.165) is 12.0 Å². The Morgan fingerprint density at radius 2 is 1.57 bits per heavy atom. The Morgan fingerprint density at radius 3 is 2.07 bits per heavy atom. The monoisotopic (exact) mass is 250 g/mol. The molecule has 0 N–H and O–H groups in total. The first-order valence-electron chi connectivity index (χ1n) is 4.43. The van der Waals surface area contributed by atoms with Crippen LogP contribution in [-0.4, -0.2) is 0 Å². The van der Waals surface area contributed by atoms with Crippen LogP contribution in [0.15, 0.2) is 12.1 Å². The first-order chi connectivity index (χ1) is 6.31. The zero-order valence-electron chi connectivity index (χ0n) is 8.50. The molecule has 0 bridgehead atoms. The molecule has 0 saturated heterocycles. The maximum absolute atomic E-state index is 6.09. The lowest BCUT2D eigenvalue weighted by Gasteiger charge is -2.19. The molecule has 1 rings (SSSR count). The molecule has 0 saturated carbocycles. The Kier molecular flexibility index (Phi) is 3.74. The van der Waals surface area contributed by atoms with E-state index in [1.54, 1.807) is 6.07 Å². The molecule has 0 radical (unpaired) electrons. The molecule has 0 spiro atoms. The Bertz CT molecular complexity index is 337. The summed E-state index contributed by atoms with van der Waals surface area (Å²) < 4.78 is 0. The fourth-order valence-electron chi connectivity index (χ4n) is 1.27. The first kappa shape index (κ1) is 12.2. The third-order valence-electron chi connectivity index (χ3n) is 1.84. The van der Waals surface area contributed by atoms with Crippen molar-refractivity contribution < 1.29 is 0 Å². The molecule has 0 aliphatic heterocycles. The zero-order chi connectivity index (χ0) is 10.9. The van der Waals surface area contributed by atoms with Crippen molar-refractivity contribution in [2.45, 2.75) is 27.2 Å². The lowest BCUT2D eigenvalue weighted by atomic mass is 9.88. The van der Waals surface area contributed by atoms with E-state index < -0.39 is 0 Å². The van der Waals surface area contributed by atoms with Crippen LogP contribution >= 0.6 is 34.8 Å². The third kappa shape index (κ3) is 3.05. The van der Waals surface area contributed by atoms with Crippen LogP contribution in [0.4, 0.5) is 0 Å². The van der Waals surface area contributed by atoms with Crippen LogP contribution in [0.5, 0.6) is 0 Å². The lowest BCUT2D eigenvalue weighted by Crippen LogP contribution is -2.09. The molecule has 3 heteroatoms. The quantitative estimate of drug-likeness (QED) is 0.599. The van der Waals surface area contributed by atoms with E-state index >= 15 is 0 Å². The largest absolute Gasteiger partial charge is 0.0827 e. The summed E-state index contributed by atoms with van der Waals surface area (Å²) in [5.74, 6) is 0. The van der Waals surface area contributed by atoms with Gasteiger partial charge in [-0.25, -0.2) is 0 Å². The maximum atomic E-state index is 6.09. The lowest BCUT2D eigenvalue weighted by molar-refractivity contribution is 0.411. The summed E-state index contributed by atoms with van der Waals surface area (Å²) in [4.78, 5) is 0. The van der Waals surface area contributed by atoms with Crippen LogP contribution in [0.1, 0.15) is 26.3 Å². The highest BCUT2D eigenvalue weighted by atomic mass is 35.5.